The van der Waals surface area contributed by atoms with E-state index in [2.05, 4.69) is 18.9 Å². The number of aliphatic hydroxyl groups is 1. The van der Waals surface area contributed by atoms with Crippen molar-refractivity contribution in [1.29, 1.82) is 0 Å². The quantitative estimate of drug-likeness (QED) is 0.850. The van der Waals surface area contributed by atoms with Crippen molar-refractivity contribution in [2.24, 2.45) is 0 Å². The third kappa shape index (κ3) is 4.60. The van der Waals surface area contributed by atoms with E-state index < -0.39 is 0 Å². The predicted molar refractivity (Wildman–Crippen MR) is 83.4 cm³/mol. The predicted octanol–water partition coefficient (Wildman–Crippen LogP) is 3.36. The summed E-state index contributed by atoms with van der Waals surface area (Å²) in [7, 11) is 0. The molecule has 21 heavy (non-hydrogen) atoms. The second-order valence-corrected chi connectivity index (χ2v) is 5.53. The number of nitrogens with zero attached hydrogens (tertiary/aromatic N) is 2. The molecule has 0 radical (unpaired) electrons. The Morgan fingerprint density at radius 1 is 1.19 bits per heavy atom. The molecule has 0 spiro atoms. The fourth-order valence-electron chi connectivity index (χ4n) is 2.11. The highest BCUT2D eigenvalue weighted by atomic mass is 16.5. The Kier molecular flexibility index (Phi) is 5.39. The van der Waals surface area contributed by atoms with Crippen LogP contribution in [0.2, 0.25) is 0 Å². The smallest absolute Gasteiger partial charge is 0.132 e. The third-order valence-corrected chi connectivity index (χ3v) is 3.55. The summed E-state index contributed by atoms with van der Waals surface area (Å²) in [6.07, 6.45) is 3.41. The van der Waals surface area contributed by atoms with Crippen LogP contribution in [0.4, 0.5) is 0 Å². The van der Waals surface area contributed by atoms with Crippen LogP contribution >= 0.6 is 0 Å². The van der Waals surface area contributed by atoms with E-state index in [-0.39, 0.29) is 6.10 Å². The van der Waals surface area contributed by atoms with E-state index >= 15 is 0 Å². The molecule has 2 aromatic rings. The van der Waals surface area contributed by atoms with Gasteiger partial charge in [-0.2, -0.15) is 5.10 Å². The Hall–Kier alpha value is -1.81. The summed E-state index contributed by atoms with van der Waals surface area (Å²) in [4.78, 5) is 0. The maximum absolute atomic E-state index is 9.35. The lowest BCUT2D eigenvalue weighted by molar-refractivity contribution is 0.195. The molecule has 0 aliphatic rings. The summed E-state index contributed by atoms with van der Waals surface area (Å²) < 4.78 is 7.72. The molecule has 114 valence electrons. The molecule has 0 fully saturated rings. The monoisotopic (exact) mass is 288 g/mol. The second-order valence-electron chi connectivity index (χ2n) is 5.53. The Labute approximate surface area is 126 Å². The van der Waals surface area contributed by atoms with Crippen molar-refractivity contribution in [2.45, 2.75) is 52.4 Å². The van der Waals surface area contributed by atoms with Gasteiger partial charge in [0.2, 0.25) is 0 Å². The number of benzene rings is 1. The van der Waals surface area contributed by atoms with Crippen molar-refractivity contribution >= 4 is 0 Å². The van der Waals surface area contributed by atoms with Crippen LogP contribution in [0.1, 0.15) is 44.5 Å². The minimum absolute atomic E-state index is 0.318. The molecule has 0 bridgehead atoms. The average molecular weight is 288 g/mol. The standard InChI is InChI=1S/C17H24N2O2/c1-4-13(2)19-10-9-16(18-19)12-21-17-7-5-15(6-8-17)11-14(3)20/h5-10,13-14,20H,4,11-12H2,1-3H3. The van der Waals surface area contributed by atoms with Gasteiger partial charge in [-0.05, 0) is 50.5 Å². The highest BCUT2D eigenvalue weighted by Crippen LogP contribution is 2.15. The van der Waals surface area contributed by atoms with E-state index in [1.807, 2.05) is 41.2 Å². The molecule has 0 aliphatic carbocycles. The minimum atomic E-state index is -0.318. The number of hydrogen-bond donors (Lipinski definition) is 1. The third-order valence-electron chi connectivity index (χ3n) is 3.55. The number of ether oxygens (including phenoxy) is 1. The van der Waals surface area contributed by atoms with Crippen molar-refractivity contribution < 1.29 is 9.84 Å². The maximum Gasteiger partial charge on any atom is 0.132 e. The second kappa shape index (κ2) is 7.27. The lowest BCUT2D eigenvalue weighted by atomic mass is 10.1. The SMILES string of the molecule is CCC(C)n1ccc(COc2ccc(CC(C)O)cc2)n1. The molecule has 2 unspecified atom stereocenters. The lowest BCUT2D eigenvalue weighted by Crippen LogP contribution is -2.06. The molecule has 1 N–H and O–H groups in total. The molecule has 0 saturated carbocycles. The van der Waals surface area contributed by atoms with Crippen molar-refractivity contribution in [3.63, 3.8) is 0 Å². The van der Waals surface area contributed by atoms with Crippen LogP contribution in [0.5, 0.6) is 5.75 Å². The topological polar surface area (TPSA) is 47.3 Å². The molecular formula is C17H24N2O2. The van der Waals surface area contributed by atoms with Crippen LogP contribution in [-0.4, -0.2) is 21.0 Å². The molecule has 1 aromatic carbocycles. The molecule has 2 rings (SSSR count). The molecule has 0 amide bonds. The zero-order valence-corrected chi connectivity index (χ0v) is 13.0. The van der Waals surface area contributed by atoms with E-state index in [4.69, 9.17) is 4.74 Å². The molecule has 4 heteroatoms. The molecule has 0 aliphatic heterocycles. The largest absolute Gasteiger partial charge is 0.487 e. The maximum atomic E-state index is 9.35. The Morgan fingerprint density at radius 2 is 1.90 bits per heavy atom. The Bertz CT molecular complexity index is 546. The highest BCUT2D eigenvalue weighted by Gasteiger charge is 2.05. The number of aromatic nitrogens is 2. The molecule has 1 heterocycles. The summed E-state index contributed by atoms with van der Waals surface area (Å²) >= 11 is 0. The molecule has 1 aromatic heterocycles. The summed E-state index contributed by atoms with van der Waals surface area (Å²) in [5.74, 6) is 0.822. The zero-order valence-electron chi connectivity index (χ0n) is 13.0. The average Bonchev–Trinajstić information content (AvgIpc) is 2.94. The normalized spacial score (nSPS) is 13.9. The van der Waals surface area contributed by atoms with E-state index in [0.29, 0.717) is 19.1 Å². The Morgan fingerprint density at radius 3 is 2.52 bits per heavy atom. The minimum Gasteiger partial charge on any atom is -0.487 e. The van der Waals surface area contributed by atoms with Gasteiger partial charge in [-0.3, -0.25) is 4.68 Å². The van der Waals surface area contributed by atoms with E-state index in [1.165, 1.54) is 0 Å². The summed E-state index contributed by atoms with van der Waals surface area (Å²) in [6, 6.07) is 10.2. The first kappa shape index (κ1) is 15.6. The van der Waals surface area contributed by atoms with Crippen molar-refractivity contribution in [3.05, 3.63) is 47.8 Å². The van der Waals surface area contributed by atoms with Gasteiger partial charge in [0, 0.05) is 12.2 Å². The van der Waals surface area contributed by atoms with Gasteiger partial charge in [0.05, 0.1) is 11.8 Å². The van der Waals surface area contributed by atoms with Crippen LogP contribution in [0.15, 0.2) is 36.5 Å². The van der Waals surface area contributed by atoms with Crippen LogP contribution in [-0.2, 0) is 13.0 Å². The molecule has 4 nitrogen and oxygen atoms in total. The van der Waals surface area contributed by atoms with Gasteiger partial charge in [-0.25, -0.2) is 0 Å². The molecular weight excluding hydrogens is 264 g/mol. The van der Waals surface area contributed by atoms with Crippen LogP contribution < -0.4 is 4.74 Å². The van der Waals surface area contributed by atoms with E-state index in [9.17, 15) is 5.11 Å². The fourth-order valence-corrected chi connectivity index (χ4v) is 2.11. The fraction of sp³-hybridized carbons (Fsp3) is 0.471. The van der Waals surface area contributed by atoms with Gasteiger partial charge >= 0.3 is 0 Å². The zero-order chi connectivity index (χ0) is 15.2. The van der Waals surface area contributed by atoms with Crippen LogP contribution in [0, 0.1) is 0 Å². The van der Waals surface area contributed by atoms with Crippen LogP contribution in [0.3, 0.4) is 0 Å². The van der Waals surface area contributed by atoms with Crippen molar-refractivity contribution in [1.82, 2.24) is 9.78 Å². The van der Waals surface area contributed by atoms with Gasteiger partial charge in [0.25, 0.3) is 0 Å². The van der Waals surface area contributed by atoms with Gasteiger partial charge < -0.3 is 9.84 Å². The number of aliphatic hydroxyl groups excluding tert-OH is 1. The van der Waals surface area contributed by atoms with Crippen molar-refractivity contribution in [2.75, 3.05) is 0 Å². The first-order valence-corrected chi connectivity index (χ1v) is 7.52. The summed E-state index contributed by atoms with van der Waals surface area (Å²) in [6.45, 7) is 6.56. The Balaban J connectivity index is 1.89. The molecule has 0 saturated heterocycles. The van der Waals surface area contributed by atoms with Crippen LogP contribution in [0.25, 0.3) is 0 Å². The summed E-state index contributed by atoms with van der Waals surface area (Å²) in [5, 5.41) is 13.9. The van der Waals surface area contributed by atoms with E-state index in [1.54, 1.807) is 6.92 Å². The number of hydrogen-bond acceptors (Lipinski definition) is 3. The first-order valence-electron chi connectivity index (χ1n) is 7.52. The van der Waals surface area contributed by atoms with Gasteiger partial charge in [-0.15, -0.1) is 0 Å². The first-order chi connectivity index (χ1) is 10.1. The van der Waals surface area contributed by atoms with Gasteiger partial charge in [0.1, 0.15) is 12.4 Å². The molecule has 2 atom stereocenters. The van der Waals surface area contributed by atoms with Crippen molar-refractivity contribution in [3.8, 4) is 5.75 Å². The van der Waals surface area contributed by atoms with Gasteiger partial charge in [-0.1, -0.05) is 19.1 Å². The lowest BCUT2D eigenvalue weighted by Gasteiger charge is -2.09. The number of rotatable bonds is 7. The van der Waals surface area contributed by atoms with Gasteiger partial charge in [0.15, 0.2) is 0 Å². The summed E-state index contributed by atoms with van der Waals surface area (Å²) in [5.41, 5.74) is 2.04. The highest BCUT2D eigenvalue weighted by molar-refractivity contribution is 5.27. The van der Waals surface area contributed by atoms with E-state index in [0.717, 1.165) is 23.4 Å².